The Kier molecular flexibility index (Phi) is 9.87. The van der Waals surface area contributed by atoms with E-state index in [4.69, 9.17) is 9.73 Å². The van der Waals surface area contributed by atoms with Gasteiger partial charge in [0.2, 0.25) is 0 Å². The van der Waals surface area contributed by atoms with Crippen LogP contribution in [-0.2, 0) is 20.1 Å². The number of rotatable bonds is 7. The number of ether oxygens (including phenoxy) is 1. The fourth-order valence-corrected chi connectivity index (χ4v) is 3.61. The van der Waals surface area contributed by atoms with Crippen molar-refractivity contribution in [2.75, 3.05) is 6.61 Å². The minimum atomic E-state index is 0. The van der Waals surface area contributed by atoms with E-state index < -0.39 is 0 Å². The summed E-state index contributed by atoms with van der Waals surface area (Å²) in [4.78, 5) is 4.87. The minimum Gasteiger partial charge on any atom is -0.494 e. The monoisotopic (exact) mass is 526 g/mol. The molecule has 7 nitrogen and oxygen atoms in total. The molecule has 3 rings (SSSR count). The predicted octanol–water partition coefficient (Wildman–Crippen LogP) is 4.02. The molecule has 30 heavy (non-hydrogen) atoms. The van der Waals surface area contributed by atoms with Crippen LogP contribution in [-0.4, -0.2) is 33.4 Å². The summed E-state index contributed by atoms with van der Waals surface area (Å²) in [6.07, 6.45) is 6.27. The molecule has 1 aliphatic carbocycles. The van der Waals surface area contributed by atoms with Crippen molar-refractivity contribution in [1.82, 2.24) is 25.4 Å². The maximum Gasteiger partial charge on any atom is 0.192 e. The van der Waals surface area contributed by atoms with Crippen LogP contribution in [0.15, 0.2) is 23.2 Å². The van der Waals surface area contributed by atoms with Crippen molar-refractivity contribution in [2.45, 2.75) is 72.0 Å². The van der Waals surface area contributed by atoms with Crippen LogP contribution in [0, 0.1) is 13.8 Å². The van der Waals surface area contributed by atoms with Crippen LogP contribution in [0.4, 0.5) is 0 Å². The van der Waals surface area contributed by atoms with Crippen molar-refractivity contribution in [3.8, 4) is 5.75 Å². The number of guanidine groups is 1. The molecule has 0 spiro atoms. The maximum absolute atomic E-state index is 5.82. The number of hydrogen-bond acceptors (Lipinski definition) is 4. The summed E-state index contributed by atoms with van der Waals surface area (Å²) >= 11 is 0. The highest BCUT2D eigenvalue weighted by Gasteiger charge is 2.15. The standard InChI is InChI=1S/C22H34N6O.HI/c1-5-29-20-13-16(2)11-12-18(20)14-23-22(25-19-9-7-6-8-10-19)24-15-21-27-26-17(3)28(21)4;/h11-13,19H,5-10,14-15H2,1-4H3,(H2,23,24,25);1H. The molecule has 1 aromatic heterocycles. The lowest BCUT2D eigenvalue weighted by atomic mass is 9.96. The fourth-order valence-electron chi connectivity index (χ4n) is 3.61. The topological polar surface area (TPSA) is 76.4 Å². The lowest BCUT2D eigenvalue weighted by molar-refractivity contribution is 0.336. The Bertz CT molecular complexity index is 829. The Morgan fingerprint density at radius 3 is 2.63 bits per heavy atom. The van der Waals surface area contributed by atoms with Crippen molar-refractivity contribution in [1.29, 1.82) is 0 Å². The molecule has 0 saturated heterocycles. The molecule has 0 unspecified atom stereocenters. The summed E-state index contributed by atoms with van der Waals surface area (Å²) < 4.78 is 7.81. The summed E-state index contributed by atoms with van der Waals surface area (Å²) in [7, 11) is 1.98. The number of aliphatic imine (C=N–C) groups is 1. The van der Waals surface area contributed by atoms with Crippen LogP contribution < -0.4 is 15.4 Å². The average molecular weight is 526 g/mol. The molecule has 8 heteroatoms. The Hall–Kier alpha value is -1.84. The third-order valence-corrected chi connectivity index (χ3v) is 5.47. The van der Waals surface area contributed by atoms with Gasteiger partial charge in [0.15, 0.2) is 11.8 Å². The SMILES string of the molecule is CCOc1cc(C)ccc1CN=C(NCc1nnc(C)n1C)NC1CCCCC1.I. The highest BCUT2D eigenvalue weighted by Crippen LogP contribution is 2.21. The molecule has 2 N–H and O–H groups in total. The second kappa shape index (κ2) is 12.1. The number of nitrogens with one attached hydrogen (secondary N) is 2. The van der Waals surface area contributed by atoms with Crippen LogP contribution in [0.1, 0.15) is 61.8 Å². The quantitative estimate of drug-likeness (QED) is 0.324. The number of aromatic nitrogens is 3. The number of hydrogen-bond donors (Lipinski definition) is 2. The van der Waals surface area contributed by atoms with Gasteiger partial charge in [0.25, 0.3) is 0 Å². The first-order chi connectivity index (χ1) is 14.1. The molecule has 166 valence electrons. The normalized spacial score (nSPS) is 14.9. The smallest absolute Gasteiger partial charge is 0.192 e. The van der Waals surface area contributed by atoms with Crippen LogP contribution in [0.25, 0.3) is 0 Å². The molecule has 0 bridgehead atoms. The molecule has 0 radical (unpaired) electrons. The van der Waals surface area contributed by atoms with E-state index in [-0.39, 0.29) is 24.0 Å². The molecule has 0 aliphatic heterocycles. The van der Waals surface area contributed by atoms with E-state index in [0.29, 0.717) is 25.7 Å². The molecule has 1 aliphatic rings. The van der Waals surface area contributed by atoms with Crippen molar-refractivity contribution in [3.05, 3.63) is 41.0 Å². The summed E-state index contributed by atoms with van der Waals surface area (Å²) in [6.45, 7) is 7.85. The largest absolute Gasteiger partial charge is 0.494 e. The third-order valence-electron chi connectivity index (χ3n) is 5.47. The van der Waals surface area contributed by atoms with Gasteiger partial charge >= 0.3 is 0 Å². The van der Waals surface area contributed by atoms with Crippen molar-refractivity contribution in [2.24, 2.45) is 12.0 Å². The van der Waals surface area contributed by atoms with E-state index in [2.05, 4.69) is 46.0 Å². The van der Waals surface area contributed by atoms with E-state index >= 15 is 0 Å². The molecule has 1 fully saturated rings. The molecule has 2 aromatic rings. The molecule has 0 atom stereocenters. The first kappa shape index (κ1) is 24.4. The average Bonchev–Trinajstić information content (AvgIpc) is 3.04. The Balaban J connectivity index is 0.00000320. The molecule has 1 heterocycles. The Morgan fingerprint density at radius 2 is 1.97 bits per heavy atom. The van der Waals surface area contributed by atoms with Crippen LogP contribution >= 0.6 is 24.0 Å². The van der Waals surface area contributed by atoms with Gasteiger partial charge in [-0.05, 0) is 45.2 Å². The second-order valence-corrected chi connectivity index (χ2v) is 7.76. The van der Waals surface area contributed by atoms with Gasteiger partial charge in [-0.3, -0.25) is 0 Å². The third kappa shape index (κ3) is 6.85. The lowest BCUT2D eigenvalue weighted by Gasteiger charge is -2.25. The molecule has 1 aromatic carbocycles. The van der Waals surface area contributed by atoms with Gasteiger partial charge in [-0.25, -0.2) is 4.99 Å². The highest BCUT2D eigenvalue weighted by molar-refractivity contribution is 14.0. The zero-order valence-corrected chi connectivity index (χ0v) is 20.9. The van der Waals surface area contributed by atoms with Gasteiger partial charge in [-0.1, -0.05) is 31.4 Å². The zero-order chi connectivity index (χ0) is 20.6. The predicted molar refractivity (Wildman–Crippen MR) is 131 cm³/mol. The van der Waals surface area contributed by atoms with Gasteiger partial charge < -0.3 is 19.9 Å². The van der Waals surface area contributed by atoms with Crippen LogP contribution in [0.3, 0.4) is 0 Å². The van der Waals surface area contributed by atoms with Gasteiger partial charge in [0.1, 0.15) is 11.6 Å². The molecular formula is C22H35IN6O. The van der Waals surface area contributed by atoms with Gasteiger partial charge in [-0.15, -0.1) is 34.2 Å². The van der Waals surface area contributed by atoms with E-state index in [0.717, 1.165) is 28.9 Å². The van der Waals surface area contributed by atoms with Gasteiger partial charge in [0, 0.05) is 18.7 Å². The summed E-state index contributed by atoms with van der Waals surface area (Å²) in [5.74, 6) is 3.53. The number of halogens is 1. The number of nitrogens with zero attached hydrogens (tertiary/aromatic N) is 4. The van der Waals surface area contributed by atoms with Gasteiger partial charge in [-0.2, -0.15) is 0 Å². The highest BCUT2D eigenvalue weighted by atomic mass is 127. The summed E-state index contributed by atoms with van der Waals surface area (Å²) in [6, 6.07) is 6.77. The minimum absolute atomic E-state index is 0. The van der Waals surface area contributed by atoms with Crippen molar-refractivity contribution < 1.29 is 4.74 Å². The number of benzene rings is 1. The summed E-state index contributed by atoms with van der Waals surface area (Å²) in [5.41, 5.74) is 2.29. The maximum atomic E-state index is 5.82. The molecular weight excluding hydrogens is 491 g/mol. The Morgan fingerprint density at radius 1 is 1.20 bits per heavy atom. The number of aryl methyl sites for hydroxylation is 2. The lowest BCUT2D eigenvalue weighted by Crippen LogP contribution is -2.44. The van der Waals surface area contributed by atoms with Crippen molar-refractivity contribution >= 4 is 29.9 Å². The zero-order valence-electron chi connectivity index (χ0n) is 18.6. The Labute approximate surface area is 197 Å². The first-order valence-electron chi connectivity index (χ1n) is 10.7. The second-order valence-electron chi connectivity index (χ2n) is 7.76. The molecule has 0 amide bonds. The van der Waals surface area contributed by atoms with E-state index in [9.17, 15) is 0 Å². The summed E-state index contributed by atoms with van der Waals surface area (Å²) in [5, 5.41) is 15.5. The van der Waals surface area contributed by atoms with Crippen LogP contribution in [0.5, 0.6) is 5.75 Å². The molecule has 1 saturated carbocycles. The van der Waals surface area contributed by atoms with E-state index in [1.807, 2.05) is 25.5 Å². The van der Waals surface area contributed by atoms with Crippen molar-refractivity contribution in [3.63, 3.8) is 0 Å². The van der Waals surface area contributed by atoms with Gasteiger partial charge in [0.05, 0.1) is 19.7 Å². The fraction of sp³-hybridized carbons (Fsp3) is 0.591. The van der Waals surface area contributed by atoms with E-state index in [1.165, 1.54) is 37.7 Å². The van der Waals surface area contributed by atoms with E-state index in [1.54, 1.807) is 0 Å². The van der Waals surface area contributed by atoms with Crippen LogP contribution in [0.2, 0.25) is 0 Å². The first-order valence-corrected chi connectivity index (χ1v) is 10.7.